The number of para-hydroxylation sites is 4. The molecule has 0 radical (unpaired) electrons. The molecule has 0 saturated heterocycles. The lowest BCUT2D eigenvalue weighted by Gasteiger charge is -2.27. The summed E-state index contributed by atoms with van der Waals surface area (Å²) < 4.78 is 11.9. The van der Waals surface area contributed by atoms with Gasteiger partial charge in [0.25, 0.3) is 0 Å². The van der Waals surface area contributed by atoms with Gasteiger partial charge in [-0.25, -0.2) is 0 Å². The van der Waals surface area contributed by atoms with Gasteiger partial charge in [0.1, 0.15) is 5.58 Å². The van der Waals surface area contributed by atoms with Crippen LogP contribution in [0.4, 0.5) is 17.1 Å². The highest BCUT2D eigenvalue weighted by Crippen LogP contribution is 2.50. The molecule has 3 heterocycles. The van der Waals surface area contributed by atoms with Crippen molar-refractivity contribution in [3.8, 4) is 22.5 Å². The van der Waals surface area contributed by atoms with Gasteiger partial charge in [0.05, 0.1) is 27.8 Å². The predicted octanol–water partition coefficient (Wildman–Crippen LogP) is 16.0. The van der Waals surface area contributed by atoms with Gasteiger partial charge < -0.3 is 18.5 Å². The number of benzene rings is 9. The molecule has 0 fully saturated rings. The van der Waals surface area contributed by atoms with E-state index >= 15 is 0 Å². The highest BCUT2D eigenvalue weighted by molar-refractivity contribution is 6.27. The molecule has 12 aromatic rings. The van der Waals surface area contributed by atoms with Gasteiger partial charge in [-0.15, -0.1) is 0 Å². The molecule has 0 bridgehead atoms. The molecule has 290 valence electrons. The maximum atomic E-state index is 7.08. The molecule has 0 N–H and O–H groups in total. The Morgan fingerprint density at radius 3 is 1.75 bits per heavy atom. The molecule has 3 aromatic heterocycles. The van der Waals surface area contributed by atoms with Crippen molar-refractivity contribution >= 4 is 82.6 Å². The van der Waals surface area contributed by atoms with Crippen molar-refractivity contribution in [2.75, 3.05) is 4.90 Å². The van der Waals surface area contributed by atoms with Gasteiger partial charge in [-0.1, -0.05) is 147 Å². The van der Waals surface area contributed by atoms with Crippen LogP contribution >= 0.6 is 0 Å². The molecular weight excluding hydrogens is 743 g/mol. The average Bonchev–Trinajstić information content (AvgIpc) is 3.98. The summed E-state index contributed by atoms with van der Waals surface area (Å²) in [5.41, 5.74) is 15.3. The Morgan fingerprint density at radius 2 is 1.02 bits per heavy atom. The van der Waals surface area contributed by atoms with Gasteiger partial charge in [0.2, 0.25) is 0 Å². The van der Waals surface area contributed by atoms with E-state index in [1.165, 1.54) is 27.4 Å². The number of hydrogen-bond acceptors (Lipinski definition) is 2. The molecule has 0 spiro atoms. The van der Waals surface area contributed by atoms with E-state index in [0.717, 1.165) is 83.3 Å². The first-order valence-electron chi connectivity index (χ1n) is 21.1. The molecule has 9 aromatic carbocycles. The lowest BCUT2D eigenvalue weighted by atomic mass is 9.96. The summed E-state index contributed by atoms with van der Waals surface area (Å²) in [6, 6.07) is 74.6. The average molecular weight is 784 g/mol. The van der Waals surface area contributed by atoms with E-state index in [2.05, 4.69) is 234 Å². The van der Waals surface area contributed by atoms with Crippen LogP contribution in [0.5, 0.6) is 0 Å². The molecule has 0 atom stereocenters. The summed E-state index contributed by atoms with van der Waals surface area (Å²) in [6.45, 7) is 4.55. The molecule has 0 saturated carbocycles. The van der Waals surface area contributed by atoms with Crippen LogP contribution in [0.15, 0.2) is 211 Å². The molecule has 0 amide bonds. The van der Waals surface area contributed by atoms with Gasteiger partial charge in [0.15, 0.2) is 5.58 Å². The van der Waals surface area contributed by atoms with E-state index in [4.69, 9.17) is 4.42 Å². The molecule has 0 unspecified atom stereocenters. The number of hydrogen-bond donors (Lipinski definition) is 0. The van der Waals surface area contributed by atoms with Crippen molar-refractivity contribution in [2.24, 2.45) is 0 Å². The Morgan fingerprint density at radius 1 is 0.426 bits per heavy atom. The van der Waals surface area contributed by atoms with E-state index in [0.29, 0.717) is 5.92 Å². The summed E-state index contributed by atoms with van der Waals surface area (Å²) >= 11 is 0. The minimum Gasteiger partial charge on any atom is -0.454 e. The molecule has 0 aliphatic heterocycles. The van der Waals surface area contributed by atoms with Crippen LogP contribution in [0.2, 0.25) is 0 Å². The first kappa shape index (κ1) is 35.2. The van der Waals surface area contributed by atoms with E-state index in [-0.39, 0.29) is 0 Å². The number of aromatic nitrogens is 2. The standard InChI is InChI=1S/C57H41N3O/c1-37(2)44-28-17-31-53-54(44)48-36-52(55-47-27-13-15-30-50(47)60(56(55)57(48)61-53)41-23-10-5-11-24-41)58(42-25-16-20-39(34-42)38-18-6-3-7-19-38)43-32-33-46-45-26-12-14-29-49(45)59(51(46)35-43)40-21-8-4-9-22-40/h3-37H,1-2H3. The lowest BCUT2D eigenvalue weighted by Crippen LogP contribution is -2.11. The third-order valence-corrected chi connectivity index (χ3v) is 12.4. The van der Waals surface area contributed by atoms with Crippen LogP contribution < -0.4 is 4.90 Å². The number of fused-ring (bicyclic) bond motifs is 10. The minimum atomic E-state index is 0.296. The molecule has 0 aliphatic rings. The Kier molecular flexibility index (Phi) is 8.01. The Hall–Kier alpha value is -7.82. The number of rotatable bonds is 7. The smallest absolute Gasteiger partial charge is 0.160 e. The van der Waals surface area contributed by atoms with E-state index in [9.17, 15) is 0 Å². The summed E-state index contributed by atoms with van der Waals surface area (Å²) in [7, 11) is 0. The zero-order valence-corrected chi connectivity index (χ0v) is 34.0. The summed E-state index contributed by atoms with van der Waals surface area (Å²) in [5.74, 6) is 0.296. The largest absolute Gasteiger partial charge is 0.454 e. The third-order valence-electron chi connectivity index (χ3n) is 12.4. The van der Waals surface area contributed by atoms with Crippen molar-refractivity contribution in [1.29, 1.82) is 0 Å². The van der Waals surface area contributed by atoms with Gasteiger partial charge in [-0.2, -0.15) is 0 Å². The highest BCUT2D eigenvalue weighted by Gasteiger charge is 2.28. The summed E-state index contributed by atoms with van der Waals surface area (Å²) in [5, 5.41) is 7.00. The van der Waals surface area contributed by atoms with Crippen LogP contribution in [-0.2, 0) is 0 Å². The maximum absolute atomic E-state index is 7.08. The number of furan rings is 1. The predicted molar refractivity (Wildman–Crippen MR) is 257 cm³/mol. The second-order valence-corrected chi connectivity index (χ2v) is 16.3. The molecule has 0 aliphatic carbocycles. The van der Waals surface area contributed by atoms with Crippen molar-refractivity contribution in [3.05, 3.63) is 212 Å². The lowest BCUT2D eigenvalue weighted by molar-refractivity contribution is 0.670. The number of anilines is 3. The van der Waals surface area contributed by atoms with Gasteiger partial charge in [-0.3, -0.25) is 0 Å². The van der Waals surface area contributed by atoms with Crippen LogP contribution in [0, 0.1) is 0 Å². The van der Waals surface area contributed by atoms with E-state index in [1.807, 2.05) is 0 Å². The van der Waals surface area contributed by atoms with Crippen LogP contribution in [0.1, 0.15) is 25.3 Å². The van der Waals surface area contributed by atoms with Crippen LogP contribution in [0.3, 0.4) is 0 Å². The Bertz CT molecular complexity index is 3610. The van der Waals surface area contributed by atoms with Gasteiger partial charge in [0, 0.05) is 55.1 Å². The first-order valence-corrected chi connectivity index (χ1v) is 21.1. The SMILES string of the molecule is CC(C)c1cccc2oc3c(cc(N(c4cccc(-c5ccccc5)c4)c4ccc5c6ccccc6n(-c6ccccc6)c5c4)c4c5ccccc5n(-c5ccccc5)c34)c12. The molecule has 4 nitrogen and oxygen atoms in total. The third kappa shape index (κ3) is 5.46. The van der Waals surface area contributed by atoms with E-state index in [1.54, 1.807) is 0 Å². The monoisotopic (exact) mass is 783 g/mol. The quantitative estimate of drug-likeness (QED) is 0.161. The van der Waals surface area contributed by atoms with Crippen LogP contribution in [0.25, 0.3) is 88.1 Å². The van der Waals surface area contributed by atoms with Gasteiger partial charge >= 0.3 is 0 Å². The van der Waals surface area contributed by atoms with Gasteiger partial charge in [-0.05, 0) is 95.4 Å². The minimum absolute atomic E-state index is 0.296. The molecular formula is C57H41N3O. The molecule has 12 rings (SSSR count). The maximum Gasteiger partial charge on any atom is 0.160 e. The second-order valence-electron chi connectivity index (χ2n) is 16.3. The highest BCUT2D eigenvalue weighted by atomic mass is 16.3. The van der Waals surface area contributed by atoms with Crippen molar-refractivity contribution in [3.63, 3.8) is 0 Å². The normalized spacial score (nSPS) is 11.9. The Labute approximate surface area is 353 Å². The molecule has 61 heavy (non-hydrogen) atoms. The fourth-order valence-corrected chi connectivity index (χ4v) is 9.77. The summed E-state index contributed by atoms with van der Waals surface area (Å²) in [6.07, 6.45) is 0. The fraction of sp³-hybridized carbons (Fsp3) is 0.0526. The zero-order chi connectivity index (χ0) is 40.6. The summed E-state index contributed by atoms with van der Waals surface area (Å²) in [4.78, 5) is 2.49. The van der Waals surface area contributed by atoms with Crippen molar-refractivity contribution < 1.29 is 4.42 Å². The van der Waals surface area contributed by atoms with Crippen molar-refractivity contribution in [1.82, 2.24) is 9.13 Å². The zero-order valence-electron chi connectivity index (χ0n) is 34.0. The topological polar surface area (TPSA) is 26.2 Å². The molecule has 4 heteroatoms. The van der Waals surface area contributed by atoms with Crippen molar-refractivity contribution in [2.45, 2.75) is 19.8 Å². The van der Waals surface area contributed by atoms with E-state index < -0.39 is 0 Å². The Balaban J connectivity index is 1.26. The van der Waals surface area contributed by atoms with Crippen LogP contribution in [-0.4, -0.2) is 9.13 Å². The second kappa shape index (κ2) is 13.9. The fourth-order valence-electron chi connectivity index (χ4n) is 9.77. The number of nitrogens with zero attached hydrogens (tertiary/aromatic N) is 3. The first-order chi connectivity index (χ1) is 30.1.